The van der Waals surface area contributed by atoms with Crippen LogP contribution in [0, 0.1) is 0 Å². The van der Waals surface area contributed by atoms with Crippen molar-refractivity contribution in [2.45, 2.75) is 13.5 Å². The van der Waals surface area contributed by atoms with Crippen molar-refractivity contribution in [1.29, 1.82) is 0 Å². The number of halogens is 1. The minimum absolute atomic E-state index is 0.280. The molecule has 0 aromatic heterocycles. The highest BCUT2D eigenvalue weighted by Crippen LogP contribution is 2.35. The van der Waals surface area contributed by atoms with Gasteiger partial charge < -0.3 is 20.3 Å². The van der Waals surface area contributed by atoms with Gasteiger partial charge in [0, 0.05) is 0 Å². The number of nitrogens with one attached hydrogen (secondary N) is 1. The Hall–Kier alpha value is -2.80. The zero-order valence-electron chi connectivity index (χ0n) is 13.3. The average molecular weight is 406 g/mol. The molecule has 130 valence electrons. The molecule has 2 aromatic carbocycles. The van der Waals surface area contributed by atoms with E-state index in [4.69, 9.17) is 9.84 Å². The molecule has 2 rings (SSSR count). The minimum atomic E-state index is -1.37. The zero-order chi connectivity index (χ0) is 18.4. The Labute approximate surface area is 152 Å². The SMILES string of the molecule is CC(C(=O)O)=C(Nc1cccc(Br)c1OCc1ccccc1)C(=O)O. The lowest BCUT2D eigenvalue weighted by molar-refractivity contribution is -0.135. The molecular formula is C18H16BrNO5. The molecule has 3 N–H and O–H groups in total. The van der Waals surface area contributed by atoms with Crippen LogP contribution < -0.4 is 10.1 Å². The Morgan fingerprint density at radius 2 is 1.72 bits per heavy atom. The summed E-state index contributed by atoms with van der Waals surface area (Å²) >= 11 is 3.37. The van der Waals surface area contributed by atoms with Crippen LogP contribution in [-0.2, 0) is 16.2 Å². The Morgan fingerprint density at radius 3 is 2.32 bits per heavy atom. The van der Waals surface area contributed by atoms with Crippen molar-refractivity contribution in [3.8, 4) is 5.75 Å². The summed E-state index contributed by atoms with van der Waals surface area (Å²) in [6.45, 7) is 1.50. The predicted octanol–water partition coefficient (Wildman–Crippen LogP) is 3.88. The minimum Gasteiger partial charge on any atom is -0.486 e. The fourth-order valence-corrected chi connectivity index (χ4v) is 2.51. The first-order valence-electron chi connectivity index (χ1n) is 7.30. The van der Waals surface area contributed by atoms with E-state index in [2.05, 4.69) is 21.2 Å². The van der Waals surface area contributed by atoms with Crippen LogP contribution in [-0.4, -0.2) is 22.2 Å². The summed E-state index contributed by atoms with van der Waals surface area (Å²) in [7, 11) is 0. The van der Waals surface area contributed by atoms with Gasteiger partial charge >= 0.3 is 11.9 Å². The largest absolute Gasteiger partial charge is 0.486 e. The fraction of sp³-hybridized carbons (Fsp3) is 0.111. The Morgan fingerprint density at radius 1 is 1.04 bits per heavy atom. The van der Waals surface area contributed by atoms with Crippen molar-refractivity contribution in [3.05, 3.63) is 69.8 Å². The molecule has 7 heteroatoms. The van der Waals surface area contributed by atoms with E-state index in [0.29, 0.717) is 15.9 Å². The number of hydrogen-bond acceptors (Lipinski definition) is 4. The van der Waals surface area contributed by atoms with E-state index in [1.54, 1.807) is 18.2 Å². The second kappa shape index (κ2) is 8.34. The quantitative estimate of drug-likeness (QED) is 0.604. The van der Waals surface area contributed by atoms with E-state index >= 15 is 0 Å². The van der Waals surface area contributed by atoms with Crippen molar-refractivity contribution < 1.29 is 24.5 Å². The van der Waals surface area contributed by atoms with Crippen LogP contribution in [0.5, 0.6) is 5.75 Å². The molecule has 0 saturated carbocycles. The number of para-hydroxylation sites is 1. The number of rotatable bonds is 7. The zero-order valence-corrected chi connectivity index (χ0v) is 14.9. The number of carbonyl (C=O) groups is 2. The topological polar surface area (TPSA) is 95.9 Å². The number of anilines is 1. The van der Waals surface area contributed by atoms with Crippen LogP contribution in [0.15, 0.2) is 64.3 Å². The van der Waals surface area contributed by atoms with Crippen LogP contribution in [0.4, 0.5) is 5.69 Å². The summed E-state index contributed by atoms with van der Waals surface area (Å²) in [6, 6.07) is 14.5. The van der Waals surface area contributed by atoms with Gasteiger partial charge in [-0.2, -0.15) is 0 Å². The van der Waals surface area contributed by atoms with Gasteiger partial charge in [-0.15, -0.1) is 0 Å². The molecule has 0 fully saturated rings. The molecule has 0 bridgehead atoms. The van der Waals surface area contributed by atoms with Gasteiger partial charge in [-0.25, -0.2) is 9.59 Å². The van der Waals surface area contributed by atoms with Gasteiger partial charge in [0.05, 0.1) is 15.7 Å². The van der Waals surface area contributed by atoms with Crippen LogP contribution in [0.1, 0.15) is 12.5 Å². The van der Waals surface area contributed by atoms with Crippen LogP contribution in [0.3, 0.4) is 0 Å². The van der Waals surface area contributed by atoms with Crippen LogP contribution in [0.2, 0.25) is 0 Å². The number of benzene rings is 2. The van der Waals surface area contributed by atoms with Crippen molar-refractivity contribution in [2.75, 3.05) is 5.32 Å². The first-order valence-corrected chi connectivity index (χ1v) is 8.09. The third kappa shape index (κ3) is 4.84. The second-order valence-corrected chi connectivity index (χ2v) is 5.98. The molecule has 0 aliphatic heterocycles. The van der Waals surface area contributed by atoms with Crippen LogP contribution in [0.25, 0.3) is 0 Å². The molecule has 25 heavy (non-hydrogen) atoms. The van der Waals surface area contributed by atoms with Crippen molar-refractivity contribution in [2.24, 2.45) is 0 Å². The molecule has 0 saturated heterocycles. The summed E-state index contributed by atoms with van der Waals surface area (Å²) in [5.74, 6) is -2.29. The van der Waals surface area contributed by atoms with Crippen molar-refractivity contribution in [3.63, 3.8) is 0 Å². The van der Waals surface area contributed by atoms with Gasteiger partial charge in [-0.05, 0) is 40.5 Å². The van der Waals surface area contributed by atoms with Gasteiger partial charge in [-0.1, -0.05) is 36.4 Å². The summed E-state index contributed by atoms with van der Waals surface area (Å²) in [4.78, 5) is 22.5. The normalized spacial score (nSPS) is 11.4. The summed E-state index contributed by atoms with van der Waals surface area (Å²) < 4.78 is 6.42. The molecule has 0 aliphatic carbocycles. The van der Waals surface area contributed by atoms with E-state index in [0.717, 1.165) is 5.56 Å². The molecule has 0 spiro atoms. The summed E-state index contributed by atoms with van der Waals surface area (Å²) in [5, 5.41) is 21.0. The molecule has 0 amide bonds. The molecule has 6 nitrogen and oxygen atoms in total. The standard InChI is InChI=1S/C18H16BrNO5/c1-11(17(21)22)15(18(23)24)20-14-9-5-8-13(19)16(14)25-10-12-6-3-2-4-7-12/h2-9,20H,10H2,1H3,(H,21,22)(H,23,24). The van der Waals surface area contributed by atoms with Gasteiger partial charge in [0.1, 0.15) is 12.3 Å². The van der Waals surface area contributed by atoms with Gasteiger partial charge in [0.15, 0.2) is 5.75 Å². The molecule has 0 heterocycles. The van der Waals surface area contributed by atoms with Crippen molar-refractivity contribution in [1.82, 2.24) is 0 Å². The van der Waals surface area contributed by atoms with Gasteiger partial charge in [0.25, 0.3) is 0 Å². The highest BCUT2D eigenvalue weighted by Gasteiger charge is 2.19. The highest BCUT2D eigenvalue weighted by molar-refractivity contribution is 9.10. The lowest BCUT2D eigenvalue weighted by Gasteiger charge is -2.16. The molecule has 0 radical (unpaired) electrons. The molecule has 2 aromatic rings. The van der Waals surface area contributed by atoms with Crippen molar-refractivity contribution >= 4 is 33.6 Å². The Balaban J connectivity index is 2.32. The van der Waals surface area contributed by atoms with E-state index in [-0.39, 0.29) is 12.2 Å². The Kier molecular flexibility index (Phi) is 6.19. The Bertz CT molecular complexity index is 817. The third-order valence-electron chi connectivity index (χ3n) is 3.36. The smallest absolute Gasteiger partial charge is 0.352 e. The highest BCUT2D eigenvalue weighted by atomic mass is 79.9. The monoisotopic (exact) mass is 405 g/mol. The summed E-state index contributed by atoms with van der Waals surface area (Å²) in [5.41, 5.74) is 0.569. The third-order valence-corrected chi connectivity index (χ3v) is 3.99. The number of carboxylic acid groups (broad SMARTS) is 2. The predicted molar refractivity (Wildman–Crippen MR) is 96.5 cm³/mol. The molecule has 0 aliphatic rings. The molecule has 0 atom stereocenters. The first-order chi connectivity index (χ1) is 11.9. The first kappa shape index (κ1) is 18.5. The van der Waals surface area contributed by atoms with Crippen LogP contribution >= 0.6 is 15.9 Å². The van der Waals surface area contributed by atoms with E-state index in [9.17, 15) is 14.7 Å². The molecule has 0 unspecified atom stereocenters. The number of ether oxygens (including phenoxy) is 1. The second-order valence-electron chi connectivity index (χ2n) is 5.13. The molecular weight excluding hydrogens is 390 g/mol. The lowest BCUT2D eigenvalue weighted by Crippen LogP contribution is -2.17. The lowest BCUT2D eigenvalue weighted by atomic mass is 10.2. The maximum atomic E-state index is 11.4. The van der Waals surface area contributed by atoms with Gasteiger partial charge in [-0.3, -0.25) is 0 Å². The number of aliphatic carboxylic acids is 2. The maximum Gasteiger partial charge on any atom is 0.352 e. The van der Waals surface area contributed by atoms with E-state index in [1.165, 1.54) is 6.92 Å². The fourth-order valence-electron chi connectivity index (χ4n) is 2.03. The van der Waals surface area contributed by atoms with Gasteiger partial charge in [0.2, 0.25) is 0 Å². The van der Waals surface area contributed by atoms with E-state index < -0.39 is 17.6 Å². The average Bonchev–Trinajstić information content (AvgIpc) is 2.59. The van der Waals surface area contributed by atoms with E-state index in [1.807, 2.05) is 30.3 Å². The maximum absolute atomic E-state index is 11.4. The summed E-state index contributed by atoms with van der Waals surface area (Å²) in [6.07, 6.45) is 0. The number of hydrogen-bond donors (Lipinski definition) is 3. The number of carboxylic acids is 2.